The van der Waals surface area contributed by atoms with Crippen molar-refractivity contribution < 1.29 is 13.9 Å². The first-order chi connectivity index (χ1) is 11.7. The molecule has 0 aromatic heterocycles. The van der Waals surface area contributed by atoms with Crippen LogP contribution in [0.3, 0.4) is 0 Å². The molecule has 4 rings (SSSR count). The molecule has 2 atom stereocenters. The molecule has 2 aliphatic heterocycles. The van der Waals surface area contributed by atoms with Gasteiger partial charge in [0.2, 0.25) is 0 Å². The van der Waals surface area contributed by atoms with Crippen LogP contribution in [0.5, 0.6) is 0 Å². The van der Waals surface area contributed by atoms with Crippen LogP contribution in [0.2, 0.25) is 0 Å². The Morgan fingerprint density at radius 2 is 1.96 bits per heavy atom. The molecule has 24 heavy (non-hydrogen) atoms. The smallest absolute Gasteiger partial charge is 0.257 e. The van der Waals surface area contributed by atoms with Crippen LogP contribution in [-0.2, 0) is 4.74 Å². The number of rotatable bonds is 3. The third-order valence-electron chi connectivity index (χ3n) is 4.65. The Morgan fingerprint density at radius 1 is 1.17 bits per heavy atom. The van der Waals surface area contributed by atoms with Gasteiger partial charge in [-0.05, 0) is 31.0 Å². The van der Waals surface area contributed by atoms with Crippen molar-refractivity contribution in [2.75, 3.05) is 18.5 Å². The maximum absolute atomic E-state index is 14.4. The molecular formula is C19H19FN2O2. The predicted molar refractivity (Wildman–Crippen MR) is 89.2 cm³/mol. The summed E-state index contributed by atoms with van der Waals surface area (Å²) in [5.41, 5.74) is 1.82. The van der Waals surface area contributed by atoms with E-state index in [0.717, 1.165) is 25.1 Å². The Balaban J connectivity index is 1.73. The van der Waals surface area contributed by atoms with Gasteiger partial charge >= 0.3 is 0 Å². The van der Waals surface area contributed by atoms with E-state index in [1.54, 1.807) is 29.2 Å². The minimum absolute atomic E-state index is 0.00952. The molecule has 0 saturated carbocycles. The standard InChI is InChI=1S/C19H19FN2O2/c20-16-9-3-1-7-14(16)18-21-17-10-4-2-8-15(17)19(23)22(18)12-13-6-5-11-24-13/h1-4,7-10,13,18,21H,5-6,11-12H2. The highest BCUT2D eigenvalue weighted by molar-refractivity contribution is 6.01. The van der Waals surface area contributed by atoms with Gasteiger partial charge in [-0.15, -0.1) is 0 Å². The van der Waals surface area contributed by atoms with Crippen LogP contribution in [0.15, 0.2) is 48.5 Å². The van der Waals surface area contributed by atoms with E-state index in [0.29, 0.717) is 17.7 Å². The van der Waals surface area contributed by atoms with Gasteiger partial charge in [-0.2, -0.15) is 0 Å². The molecule has 2 heterocycles. The number of nitrogens with one attached hydrogen (secondary N) is 1. The van der Waals surface area contributed by atoms with Crippen molar-refractivity contribution in [2.45, 2.75) is 25.1 Å². The van der Waals surface area contributed by atoms with Crippen LogP contribution in [-0.4, -0.2) is 30.1 Å². The number of hydrogen-bond acceptors (Lipinski definition) is 3. The third-order valence-corrected chi connectivity index (χ3v) is 4.65. The summed E-state index contributed by atoms with van der Waals surface area (Å²) >= 11 is 0. The largest absolute Gasteiger partial charge is 0.376 e. The first kappa shape index (κ1) is 15.1. The summed E-state index contributed by atoms with van der Waals surface area (Å²) in [7, 11) is 0. The Morgan fingerprint density at radius 3 is 2.75 bits per heavy atom. The first-order valence-electron chi connectivity index (χ1n) is 8.26. The Labute approximate surface area is 140 Å². The number of carbonyl (C=O) groups is 1. The van der Waals surface area contributed by atoms with Crippen LogP contribution < -0.4 is 5.32 Å². The van der Waals surface area contributed by atoms with E-state index in [9.17, 15) is 9.18 Å². The molecule has 0 spiro atoms. The van der Waals surface area contributed by atoms with Crippen molar-refractivity contribution in [1.82, 2.24) is 4.90 Å². The summed E-state index contributed by atoms with van der Waals surface area (Å²) in [6, 6.07) is 13.9. The number of hydrogen-bond donors (Lipinski definition) is 1. The number of ether oxygens (including phenoxy) is 1. The third kappa shape index (κ3) is 2.65. The van der Waals surface area contributed by atoms with Crippen molar-refractivity contribution >= 4 is 11.6 Å². The van der Waals surface area contributed by atoms with Crippen LogP contribution in [0.1, 0.15) is 34.9 Å². The van der Waals surface area contributed by atoms with Gasteiger partial charge in [-0.3, -0.25) is 4.79 Å². The molecule has 0 bridgehead atoms. The SMILES string of the molecule is O=C1c2ccccc2NC(c2ccccc2F)N1CC1CCCO1. The van der Waals surface area contributed by atoms with Gasteiger partial charge in [0.15, 0.2) is 0 Å². The monoisotopic (exact) mass is 326 g/mol. The maximum Gasteiger partial charge on any atom is 0.257 e. The summed E-state index contributed by atoms with van der Waals surface area (Å²) in [4.78, 5) is 14.7. The van der Waals surface area contributed by atoms with Crippen molar-refractivity contribution in [3.63, 3.8) is 0 Å². The molecule has 2 aromatic rings. The zero-order valence-corrected chi connectivity index (χ0v) is 13.2. The van der Waals surface area contributed by atoms with Gasteiger partial charge in [0.05, 0.1) is 11.7 Å². The first-order valence-corrected chi connectivity index (χ1v) is 8.26. The molecular weight excluding hydrogens is 307 g/mol. The second-order valence-corrected chi connectivity index (χ2v) is 6.21. The van der Waals surface area contributed by atoms with Crippen LogP contribution in [0, 0.1) is 5.82 Å². The molecule has 1 N–H and O–H groups in total. The molecule has 2 unspecified atom stereocenters. The molecule has 124 valence electrons. The van der Waals surface area contributed by atoms with Crippen molar-refractivity contribution in [1.29, 1.82) is 0 Å². The number of benzene rings is 2. The molecule has 2 aliphatic rings. The van der Waals surface area contributed by atoms with Gasteiger partial charge in [0, 0.05) is 24.4 Å². The topological polar surface area (TPSA) is 41.6 Å². The number of fused-ring (bicyclic) bond motifs is 1. The lowest BCUT2D eigenvalue weighted by Crippen LogP contribution is -2.46. The van der Waals surface area contributed by atoms with Gasteiger partial charge in [-0.1, -0.05) is 30.3 Å². The Hall–Kier alpha value is -2.40. The fourth-order valence-electron chi connectivity index (χ4n) is 3.43. The number of anilines is 1. The fourth-order valence-corrected chi connectivity index (χ4v) is 3.43. The number of halogens is 1. The second-order valence-electron chi connectivity index (χ2n) is 6.21. The lowest BCUT2D eigenvalue weighted by Gasteiger charge is -2.39. The second kappa shape index (κ2) is 6.24. The number of nitrogens with zero attached hydrogens (tertiary/aromatic N) is 1. The maximum atomic E-state index is 14.4. The summed E-state index contributed by atoms with van der Waals surface area (Å²) in [6.45, 7) is 1.18. The number of para-hydroxylation sites is 1. The van der Waals surface area contributed by atoms with E-state index < -0.39 is 6.17 Å². The van der Waals surface area contributed by atoms with E-state index in [1.165, 1.54) is 6.07 Å². The summed E-state index contributed by atoms with van der Waals surface area (Å²) in [6.07, 6.45) is 1.41. The molecule has 1 fully saturated rings. The van der Waals surface area contributed by atoms with E-state index in [2.05, 4.69) is 5.32 Å². The van der Waals surface area contributed by atoms with Crippen LogP contribution >= 0.6 is 0 Å². The zero-order chi connectivity index (χ0) is 16.5. The zero-order valence-electron chi connectivity index (χ0n) is 13.2. The van der Waals surface area contributed by atoms with Gasteiger partial charge in [0.1, 0.15) is 12.0 Å². The predicted octanol–water partition coefficient (Wildman–Crippen LogP) is 3.57. The van der Waals surface area contributed by atoms with Gasteiger partial charge in [0.25, 0.3) is 5.91 Å². The normalized spacial score (nSPS) is 23.0. The fraction of sp³-hybridized carbons (Fsp3) is 0.316. The highest BCUT2D eigenvalue weighted by Gasteiger charge is 2.36. The van der Waals surface area contributed by atoms with E-state index >= 15 is 0 Å². The quantitative estimate of drug-likeness (QED) is 0.937. The summed E-state index contributed by atoms with van der Waals surface area (Å²) < 4.78 is 20.0. The average Bonchev–Trinajstić information content (AvgIpc) is 3.11. The highest BCUT2D eigenvalue weighted by atomic mass is 19.1. The van der Waals surface area contributed by atoms with Crippen LogP contribution in [0.25, 0.3) is 0 Å². The van der Waals surface area contributed by atoms with Gasteiger partial charge in [-0.25, -0.2) is 4.39 Å². The number of amides is 1. The Bertz CT molecular complexity index is 759. The van der Waals surface area contributed by atoms with E-state index in [1.807, 2.05) is 18.2 Å². The van der Waals surface area contributed by atoms with Crippen LogP contribution in [0.4, 0.5) is 10.1 Å². The molecule has 1 amide bonds. The lowest BCUT2D eigenvalue weighted by atomic mass is 10.0. The average molecular weight is 326 g/mol. The van der Waals surface area contributed by atoms with Gasteiger partial charge < -0.3 is 15.0 Å². The minimum atomic E-state index is -0.530. The lowest BCUT2D eigenvalue weighted by molar-refractivity contribution is 0.0423. The molecule has 0 radical (unpaired) electrons. The minimum Gasteiger partial charge on any atom is -0.376 e. The highest BCUT2D eigenvalue weighted by Crippen LogP contribution is 2.34. The van der Waals surface area contributed by atoms with Crippen molar-refractivity contribution in [2.24, 2.45) is 0 Å². The molecule has 1 saturated heterocycles. The van der Waals surface area contributed by atoms with E-state index in [4.69, 9.17) is 4.74 Å². The summed E-state index contributed by atoms with van der Waals surface area (Å²) in [5, 5.41) is 3.32. The molecule has 4 nitrogen and oxygen atoms in total. The van der Waals surface area contributed by atoms with E-state index in [-0.39, 0.29) is 17.8 Å². The van der Waals surface area contributed by atoms with Crippen molar-refractivity contribution in [3.05, 3.63) is 65.5 Å². The molecule has 0 aliphatic carbocycles. The van der Waals surface area contributed by atoms with Crippen molar-refractivity contribution in [3.8, 4) is 0 Å². The summed E-state index contributed by atoms with van der Waals surface area (Å²) in [5.74, 6) is -0.410. The number of carbonyl (C=O) groups excluding carboxylic acids is 1. The molecule has 2 aromatic carbocycles. The molecule has 5 heteroatoms. The Kier molecular flexibility index (Phi) is 3.94.